The maximum Gasteiger partial charge on any atom is 0.224 e. The van der Waals surface area contributed by atoms with Crippen LogP contribution in [0.1, 0.15) is 31.4 Å². The average molecular weight is 310 g/mol. The average Bonchev–Trinajstić information content (AvgIpc) is 2.47. The number of sulfonamides is 1. The summed E-state index contributed by atoms with van der Waals surface area (Å²) >= 11 is 0. The van der Waals surface area contributed by atoms with Crippen LogP contribution in [0, 0.1) is 5.92 Å². The Bertz CT molecular complexity index is 586. The van der Waals surface area contributed by atoms with Gasteiger partial charge in [-0.2, -0.15) is 0 Å². The Kier molecular flexibility index (Phi) is 5.00. The molecule has 116 valence electrons. The van der Waals surface area contributed by atoms with Gasteiger partial charge in [0, 0.05) is 13.1 Å². The van der Waals surface area contributed by atoms with Gasteiger partial charge < -0.3 is 5.32 Å². The van der Waals surface area contributed by atoms with Crippen molar-refractivity contribution in [2.75, 3.05) is 19.3 Å². The van der Waals surface area contributed by atoms with Crippen LogP contribution in [-0.2, 0) is 14.8 Å². The van der Waals surface area contributed by atoms with Crippen LogP contribution in [0.15, 0.2) is 30.3 Å². The van der Waals surface area contributed by atoms with Crippen LogP contribution in [-0.4, -0.2) is 38.0 Å². The van der Waals surface area contributed by atoms with Crippen LogP contribution in [0.4, 0.5) is 0 Å². The molecule has 1 unspecified atom stereocenters. The summed E-state index contributed by atoms with van der Waals surface area (Å²) < 4.78 is 24.6. The molecule has 1 fully saturated rings. The Morgan fingerprint density at radius 1 is 1.33 bits per heavy atom. The van der Waals surface area contributed by atoms with E-state index < -0.39 is 10.0 Å². The van der Waals surface area contributed by atoms with E-state index >= 15 is 0 Å². The zero-order valence-electron chi connectivity index (χ0n) is 12.5. The van der Waals surface area contributed by atoms with Crippen molar-refractivity contribution in [2.45, 2.75) is 25.8 Å². The van der Waals surface area contributed by atoms with Gasteiger partial charge in [0.15, 0.2) is 0 Å². The van der Waals surface area contributed by atoms with Crippen molar-refractivity contribution in [1.29, 1.82) is 0 Å². The minimum Gasteiger partial charge on any atom is -0.349 e. The number of rotatable bonds is 4. The van der Waals surface area contributed by atoms with Crippen molar-refractivity contribution < 1.29 is 13.2 Å². The van der Waals surface area contributed by atoms with E-state index in [0.717, 1.165) is 18.4 Å². The van der Waals surface area contributed by atoms with Crippen LogP contribution in [0.2, 0.25) is 0 Å². The number of carbonyl (C=O) groups excluding carboxylic acids is 1. The third kappa shape index (κ3) is 4.28. The van der Waals surface area contributed by atoms with E-state index in [1.165, 1.54) is 10.6 Å². The van der Waals surface area contributed by atoms with Gasteiger partial charge in [-0.3, -0.25) is 4.79 Å². The molecule has 0 aromatic heterocycles. The predicted octanol–water partition coefficient (Wildman–Crippen LogP) is 1.54. The second-order valence-corrected chi connectivity index (χ2v) is 7.58. The summed E-state index contributed by atoms with van der Waals surface area (Å²) in [5, 5.41) is 2.98. The first kappa shape index (κ1) is 16.0. The standard InChI is InChI=1S/C15H22N2O3S/c1-12(13-7-4-3-5-8-13)16-15(18)14-9-6-10-17(11-14)21(2,19)20/h3-5,7-8,12,14H,6,9-11H2,1-2H3,(H,16,18)/t12-,14?/m1/s1. The molecular formula is C15H22N2O3S. The van der Waals surface area contributed by atoms with E-state index in [1.807, 2.05) is 37.3 Å². The highest BCUT2D eigenvalue weighted by Crippen LogP contribution is 2.20. The van der Waals surface area contributed by atoms with Gasteiger partial charge in [0.2, 0.25) is 15.9 Å². The topological polar surface area (TPSA) is 66.5 Å². The lowest BCUT2D eigenvalue weighted by molar-refractivity contribution is -0.126. The molecule has 1 aliphatic rings. The molecule has 0 aliphatic carbocycles. The lowest BCUT2D eigenvalue weighted by Gasteiger charge is -2.30. The normalized spacial score (nSPS) is 21.7. The van der Waals surface area contributed by atoms with Gasteiger partial charge in [-0.15, -0.1) is 0 Å². The number of hydrogen-bond acceptors (Lipinski definition) is 3. The number of piperidine rings is 1. The zero-order valence-corrected chi connectivity index (χ0v) is 13.3. The molecule has 2 atom stereocenters. The lowest BCUT2D eigenvalue weighted by atomic mass is 9.98. The maximum absolute atomic E-state index is 12.3. The fourth-order valence-electron chi connectivity index (χ4n) is 2.61. The summed E-state index contributed by atoms with van der Waals surface area (Å²) in [5.74, 6) is -0.334. The van der Waals surface area contributed by atoms with Crippen molar-refractivity contribution >= 4 is 15.9 Å². The molecule has 0 bridgehead atoms. The van der Waals surface area contributed by atoms with Gasteiger partial charge in [-0.1, -0.05) is 30.3 Å². The van der Waals surface area contributed by atoms with Gasteiger partial charge in [-0.25, -0.2) is 12.7 Å². The van der Waals surface area contributed by atoms with Crippen LogP contribution < -0.4 is 5.32 Å². The Labute approximate surface area is 126 Å². The molecule has 1 N–H and O–H groups in total. The third-order valence-electron chi connectivity index (χ3n) is 3.88. The summed E-state index contributed by atoms with van der Waals surface area (Å²) in [6, 6.07) is 9.66. The third-order valence-corrected chi connectivity index (χ3v) is 5.15. The fraction of sp³-hybridized carbons (Fsp3) is 0.533. The van der Waals surface area contributed by atoms with Crippen molar-refractivity contribution in [2.24, 2.45) is 5.92 Å². The molecule has 0 radical (unpaired) electrons. The van der Waals surface area contributed by atoms with Crippen molar-refractivity contribution in [3.63, 3.8) is 0 Å². The Hall–Kier alpha value is -1.40. The van der Waals surface area contributed by atoms with Gasteiger partial charge in [0.1, 0.15) is 0 Å². The first-order valence-electron chi connectivity index (χ1n) is 7.18. The summed E-state index contributed by atoms with van der Waals surface area (Å²) in [4.78, 5) is 12.3. The van der Waals surface area contributed by atoms with E-state index in [4.69, 9.17) is 0 Å². The molecule has 1 aromatic rings. The number of nitrogens with one attached hydrogen (secondary N) is 1. The Balaban J connectivity index is 1.97. The SMILES string of the molecule is C[C@@H](NC(=O)C1CCCN(S(C)(=O)=O)C1)c1ccccc1. The molecule has 1 saturated heterocycles. The van der Waals surface area contributed by atoms with Crippen LogP contribution >= 0.6 is 0 Å². The molecule has 5 nitrogen and oxygen atoms in total. The van der Waals surface area contributed by atoms with Gasteiger partial charge in [0.05, 0.1) is 18.2 Å². The summed E-state index contributed by atoms with van der Waals surface area (Å²) in [5.41, 5.74) is 1.04. The number of carbonyl (C=O) groups is 1. The fourth-order valence-corrected chi connectivity index (χ4v) is 3.53. The van der Waals surface area contributed by atoms with Crippen LogP contribution in [0.5, 0.6) is 0 Å². The second kappa shape index (κ2) is 6.58. The minimum atomic E-state index is -3.22. The molecular weight excluding hydrogens is 288 g/mol. The summed E-state index contributed by atoms with van der Waals surface area (Å²) in [6.45, 7) is 2.73. The highest BCUT2D eigenvalue weighted by atomic mass is 32.2. The highest BCUT2D eigenvalue weighted by molar-refractivity contribution is 7.88. The van der Waals surface area contributed by atoms with Crippen LogP contribution in [0.3, 0.4) is 0 Å². The molecule has 1 aliphatic heterocycles. The van der Waals surface area contributed by atoms with E-state index in [-0.39, 0.29) is 24.4 Å². The number of nitrogens with zero attached hydrogens (tertiary/aromatic N) is 1. The second-order valence-electron chi connectivity index (χ2n) is 5.60. The van der Waals surface area contributed by atoms with Crippen molar-refractivity contribution in [1.82, 2.24) is 9.62 Å². The predicted molar refractivity (Wildman–Crippen MR) is 82.1 cm³/mol. The van der Waals surface area contributed by atoms with E-state index in [9.17, 15) is 13.2 Å². The maximum atomic E-state index is 12.3. The van der Waals surface area contributed by atoms with E-state index in [2.05, 4.69) is 5.32 Å². The quantitative estimate of drug-likeness (QED) is 0.917. The molecule has 6 heteroatoms. The molecule has 2 rings (SSSR count). The molecule has 1 aromatic carbocycles. The Morgan fingerprint density at radius 3 is 2.62 bits per heavy atom. The van der Waals surface area contributed by atoms with Gasteiger partial charge >= 0.3 is 0 Å². The van der Waals surface area contributed by atoms with Gasteiger partial charge in [0.25, 0.3) is 0 Å². The van der Waals surface area contributed by atoms with E-state index in [0.29, 0.717) is 6.54 Å². The largest absolute Gasteiger partial charge is 0.349 e. The van der Waals surface area contributed by atoms with Gasteiger partial charge in [-0.05, 0) is 25.3 Å². The summed E-state index contributed by atoms with van der Waals surface area (Å²) in [7, 11) is -3.22. The molecule has 1 amide bonds. The van der Waals surface area contributed by atoms with Crippen molar-refractivity contribution in [3.8, 4) is 0 Å². The smallest absolute Gasteiger partial charge is 0.224 e. The Morgan fingerprint density at radius 2 is 2.00 bits per heavy atom. The summed E-state index contributed by atoms with van der Waals surface area (Å²) in [6.07, 6.45) is 2.66. The first-order chi connectivity index (χ1) is 9.88. The lowest BCUT2D eigenvalue weighted by Crippen LogP contribution is -2.45. The molecule has 1 heterocycles. The number of benzene rings is 1. The van der Waals surface area contributed by atoms with Crippen LogP contribution in [0.25, 0.3) is 0 Å². The minimum absolute atomic E-state index is 0.0697. The number of hydrogen-bond donors (Lipinski definition) is 1. The number of amides is 1. The first-order valence-corrected chi connectivity index (χ1v) is 9.03. The molecule has 21 heavy (non-hydrogen) atoms. The monoisotopic (exact) mass is 310 g/mol. The molecule has 0 spiro atoms. The van der Waals surface area contributed by atoms with Crippen molar-refractivity contribution in [3.05, 3.63) is 35.9 Å². The zero-order chi connectivity index (χ0) is 15.5. The highest BCUT2D eigenvalue weighted by Gasteiger charge is 2.30. The van der Waals surface area contributed by atoms with E-state index in [1.54, 1.807) is 0 Å². The molecule has 0 saturated carbocycles.